The summed E-state index contributed by atoms with van der Waals surface area (Å²) in [5, 5.41) is 15.9. The minimum absolute atomic E-state index is 0.0263. The summed E-state index contributed by atoms with van der Waals surface area (Å²) >= 11 is 0. The number of carbonyl (C=O) groups excluding carboxylic acids is 2. The van der Waals surface area contributed by atoms with Crippen molar-refractivity contribution in [2.45, 2.75) is 31.8 Å². The van der Waals surface area contributed by atoms with Gasteiger partial charge in [0.1, 0.15) is 5.75 Å². The molecule has 6 nitrogen and oxygen atoms in total. The van der Waals surface area contributed by atoms with E-state index in [-0.39, 0.29) is 6.54 Å². The smallest absolute Gasteiger partial charge is 0.313 e. The van der Waals surface area contributed by atoms with E-state index in [1.165, 1.54) is 12.7 Å². The van der Waals surface area contributed by atoms with Gasteiger partial charge in [0.15, 0.2) is 0 Å². The van der Waals surface area contributed by atoms with Gasteiger partial charge in [0.2, 0.25) is 0 Å². The summed E-state index contributed by atoms with van der Waals surface area (Å²) in [6, 6.07) is 13.3. The highest BCUT2D eigenvalue weighted by atomic mass is 16.5. The van der Waals surface area contributed by atoms with E-state index in [1.54, 1.807) is 12.1 Å². The average Bonchev–Trinajstić information content (AvgIpc) is 2.66. The summed E-state index contributed by atoms with van der Waals surface area (Å²) in [5.74, 6) is -1.10. The molecule has 3 N–H and O–H groups in total. The Labute approximate surface area is 158 Å². The van der Waals surface area contributed by atoms with Crippen LogP contribution >= 0.6 is 0 Å². The third-order valence-electron chi connectivity index (χ3n) is 4.89. The molecule has 0 saturated carbocycles. The first kappa shape index (κ1) is 18.9. The van der Waals surface area contributed by atoms with Gasteiger partial charge in [-0.15, -0.1) is 0 Å². The average molecular weight is 368 g/mol. The Balaban J connectivity index is 1.59. The minimum atomic E-state index is -1.05. The Hall–Kier alpha value is -2.86. The normalized spacial score (nSPS) is 18.3. The largest absolute Gasteiger partial charge is 0.495 e. The van der Waals surface area contributed by atoms with Gasteiger partial charge in [-0.05, 0) is 48.6 Å². The fourth-order valence-corrected chi connectivity index (χ4v) is 3.36. The molecule has 0 saturated heterocycles. The minimum Gasteiger partial charge on any atom is -0.495 e. The zero-order valence-corrected chi connectivity index (χ0v) is 15.5. The van der Waals surface area contributed by atoms with E-state index in [9.17, 15) is 14.7 Å². The van der Waals surface area contributed by atoms with Crippen molar-refractivity contribution in [3.8, 4) is 5.75 Å². The van der Waals surface area contributed by atoms with Crippen LogP contribution in [0.4, 0.5) is 5.69 Å². The standard InChI is InChI=1S/C21H24N2O4/c1-14-7-8-18(27-2)17(11-14)23-20(25)19(24)22-13-21(26)10-9-15-5-3-4-6-16(15)12-21/h3-8,11,26H,9-10,12-13H2,1-2H3,(H,22,24)(H,23,25). The van der Waals surface area contributed by atoms with Crippen LogP contribution in [0.3, 0.4) is 0 Å². The molecule has 1 atom stereocenters. The molecule has 142 valence electrons. The summed E-state index contributed by atoms with van der Waals surface area (Å²) in [7, 11) is 1.50. The number of amides is 2. The lowest BCUT2D eigenvalue weighted by molar-refractivity contribution is -0.136. The molecule has 0 aromatic heterocycles. The van der Waals surface area contributed by atoms with Crippen molar-refractivity contribution in [3.63, 3.8) is 0 Å². The fraction of sp³-hybridized carbons (Fsp3) is 0.333. The first-order valence-corrected chi connectivity index (χ1v) is 8.93. The molecule has 0 bridgehead atoms. The molecular formula is C21H24N2O4. The molecule has 6 heteroatoms. The second-order valence-electron chi connectivity index (χ2n) is 7.01. The van der Waals surface area contributed by atoms with Gasteiger partial charge < -0.3 is 20.5 Å². The zero-order valence-electron chi connectivity index (χ0n) is 15.5. The molecule has 2 aromatic carbocycles. The first-order chi connectivity index (χ1) is 12.9. The van der Waals surface area contributed by atoms with E-state index < -0.39 is 17.4 Å². The summed E-state index contributed by atoms with van der Waals surface area (Å²) in [4.78, 5) is 24.4. The van der Waals surface area contributed by atoms with E-state index in [1.807, 2.05) is 31.2 Å². The summed E-state index contributed by atoms with van der Waals surface area (Å²) in [6.07, 6.45) is 1.74. The van der Waals surface area contributed by atoms with Gasteiger partial charge in [0, 0.05) is 13.0 Å². The Morgan fingerprint density at radius 2 is 1.89 bits per heavy atom. The number of hydrogen-bond donors (Lipinski definition) is 3. The van der Waals surface area contributed by atoms with E-state index in [2.05, 4.69) is 16.7 Å². The molecule has 2 aromatic rings. The SMILES string of the molecule is COc1ccc(C)cc1NC(=O)C(=O)NCC1(O)CCc2ccccc2C1. The zero-order chi connectivity index (χ0) is 19.4. The number of hydrogen-bond acceptors (Lipinski definition) is 4. The van der Waals surface area contributed by atoms with Crippen LogP contribution in [0.15, 0.2) is 42.5 Å². The molecule has 2 amide bonds. The summed E-state index contributed by atoms with van der Waals surface area (Å²) < 4.78 is 5.20. The van der Waals surface area contributed by atoms with Crippen LogP contribution in [0, 0.1) is 6.92 Å². The number of anilines is 1. The second-order valence-corrected chi connectivity index (χ2v) is 7.01. The maximum absolute atomic E-state index is 12.2. The molecular weight excluding hydrogens is 344 g/mol. The summed E-state index contributed by atoms with van der Waals surface area (Å²) in [5.41, 5.74) is 2.61. The lowest BCUT2D eigenvalue weighted by Gasteiger charge is -2.33. The van der Waals surface area contributed by atoms with Crippen LogP contribution in [0.2, 0.25) is 0 Å². The van der Waals surface area contributed by atoms with Gasteiger partial charge in [0.25, 0.3) is 0 Å². The van der Waals surface area contributed by atoms with E-state index >= 15 is 0 Å². The number of carbonyl (C=O) groups is 2. The number of ether oxygens (including phenoxy) is 1. The van der Waals surface area contributed by atoms with E-state index in [0.717, 1.165) is 17.5 Å². The molecule has 0 aliphatic heterocycles. The van der Waals surface area contributed by atoms with Gasteiger partial charge in [-0.2, -0.15) is 0 Å². The van der Waals surface area contributed by atoms with Gasteiger partial charge in [-0.1, -0.05) is 30.3 Å². The maximum Gasteiger partial charge on any atom is 0.313 e. The molecule has 0 heterocycles. The van der Waals surface area contributed by atoms with Crippen LogP contribution in [0.1, 0.15) is 23.1 Å². The maximum atomic E-state index is 12.2. The Morgan fingerprint density at radius 3 is 2.63 bits per heavy atom. The molecule has 1 aliphatic rings. The highest BCUT2D eigenvalue weighted by Crippen LogP contribution is 2.28. The third kappa shape index (κ3) is 4.46. The third-order valence-corrected chi connectivity index (χ3v) is 4.89. The molecule has 0 spiro atoms. The number of rotatable bonds is 4. The van der Waals surface area contributed by atoms with Crippen molar-refractivity contribution in [2.24, 2.45) is 0 Å². The number of methoxy groups -OCH3 is 1. The molecule has 0 radical (unpaired) electrons. The summed E-state index contributed by atoms with van der Waals surface area (Å²) in [6.45, 7) is 1.91. The monoisotopic (exact) mass is 368 g/mol. The predicted molar refractivity (Wildman–Crippen MR) is 103 cm³/mol. The van der Waals surface area contributed by atoms with E-state index in [4.69, 9.17) is 4.74 Å². The van der Waals surface area contributed by atoms with E-state index in [0.29, 0.717) is 24.3 Å². The lowest BCUT2D eigenvalue weighted by atomic mass is 9.80. The Bertz CT molecular complexity index is 865. The first-order valence-electron chi connectivity index (χ1n) is 8.93. The quantitative estimate of drug-likeness (QED) is 0.720. The highest BCUT2D eigenvalue weighted by molar-refractivity contribution is 6.39. The fourth-order valence-electron chi connectivity index (χ4n) is 3.36. The van der Waals surface area contributed by atoms with Crippen LogP contribution in [-0.4, -0.2) is 36.2 Å². The van der Waals surface area contributed by atoms with Crippen LogP contribution < -0.4 is 15.4 Å². The van der Waals surface area contributed by atoms with Crippen molar-refractivity contribution in [3.05, 3.63) is 59.2 Å². The van der Waals surface area contributed by atoms with Crippen molar-refractivity contribution in [1.82, 2.24) is 5.32 Å². The number of benzene rings is 2. The van der Waals surface area contributed by atoms with Gasteiger partial charge >= 0.3 is 11.8 Å². The number of nitrogens with one attached hydrogen (secondary N) is 2. The molecule has 1 unspecified atom stereocenters. The molecule has 1 aliphatic carbocycles. The van der Waals surface area contributed by atoms with Gasteiger partial charge in [-0.25, -0.2) is 0 Å². The predicted octanol–water partition coefficient (Wildman–Crippen LogP) is 1.98. The van der Waals surface area contributed by atoms with Crippen LogP contribution in [0.25, 0.3) is 0 Å². The molecule has 27 heavy (non-hydrogen) atoms. The van der Waals surface area contributed by atoms with Gasteiger partial charge in [-0.3, -0.25) is 9.59 Å². The van der Waals surface area contributed by atoms with Crippen LogP contribution in [0.5, 0.6) is 5.75 Å². The topological polar surface area (TPSA) is 87.7 Å². The van der Waals surface area contributed by atoms with Crippen molar-refractivity contribution >= 4 is 17.5 Å². The van der Waals surface area contributed by atoms with Crippen LogP contribution in [-0.2, 0) is 22.4 Å². The van der Waals surface area contributed by atoms with Gasteiger partial charge in [0.05, 0.1) is 18.4 Å². The highest BCUT2D eigenvalue weighted by Gasteiger charge is 2.33. The Morgan fingerprint density at radius 1 is 1.15 bits per heavy atom. The number of aryl methyl sites for hydroxylation is 2. The van der Waals surface area contributed by atoms with Crippen molar-refractivity contribution in [2.75, 3.05) is 19.0 Å². The van der Waals surface area contributed by atoms with Crippen molar-refractivity contribution < 1.29 is 19.4 Å². The number of fused-ring (bicyclic) bond motifs is 1. The Kier molecular flexibility index (Phi) is 5.46. The number of aliphatic hydroxyl groups is 1. The second kappa shape index (κ2) is 7.80. The molecule has 0 fully saturated rings. The lowest BCUT2D eigenvalue weighted by Crippen LogP contribution is -2.49. The van der Waals surface area contributed by atoms with Crippen molar-refractivity contribution in [1.29, 1.82) is 0 Å². The molecule has 3 rings (SSSR count).